The van der Waals surface area contributed by atoms with Crippen molar-refractivity contribution in [1.29, 1.82) is 0 Å². The molecule has 0 radical (unpaired) electrons. The summed E-state index contributed by atoms with van der Waals surface area (Å²) in [5.74, 6) is -0.437. The smallest absolute Gasteiger partial charge is 0.212 e. The molecule has 0 spiro atoms. The van der Waals surface area contributed by atoms with Gasteiger partial charge in [-0.15, -0.1) is 0 Å². The Morgan fingerprint density at radius 1 is 1.50 bits per heavy atom. The quantitative estimate of drug-likeness (QED) is 0.574. The van der Waals surface area contributed by atoms with E-state index in [1.54, 1.807) is 6.07 Å². The van der Waals surface area contributed by atoms with E-state index in [0.717, 1.165) is 17.3 Å². The molecular weight excluding hydrogens is 221 g/mol. The van der Waals surface area contributed by atoms with Gasteiger partial charge in [0.15, 0.2) is 0 Å². The molecular formula is C9H9BrFN. The van der Waals surface area contributed by atoms with Gasteiger partial charge in [0.2, 0.25) is 5.95 Å². The number of allylic oxidation sites excluding steroid dienone is 1. The molecule has 0 atom stereocenters. The molecule has 12 heavy (non-hydrogen) atoms. The SMILES string of the molecule is Fc1ccc(C=CCCBr)cn1. The van der Waals surface area contributed by atoms with Gasteiger partial charge in [-0.25, -0.2) is 4.98 Å². The number of pyridine rings is 1. The third kappa shape index (κ3) is 3.13. The fraction of sp³-hybridized carbons (Fsp3) is 0.222. The normalized spacial score (nSPS) is 10.8. The summed E-state index contributed by atoms with van der Waals surface area (Å²) in [7, 11) is 0. The molecule has 1 aromatic heterocycles. The van der Waals surface area contributed by atoms with Gasteiger partial charge >= 0.3 is 0 Å². The second kappa shape index (κ2) is 5.04. The largest absolute Gasteiger partial charge is 0.228 e. The Kier molecular flexibility index (Phi) is 3.94. The van der Waals surface area contributed by atoms with Crippen LogP contribution in [0, 0.1) is 5.95 Å². The van der Waals surface area contributed by atoms with Gasteiger partial charge in [-0.1, -0.05) is 28.1 Å². The second-order valence-electron chi connectivity index (χ2n) is 2.29. The molecule has 1 aromatic rings. The van der Waals surface area contributed by atoms with Crippen LogP contribution >= 0.6 is 15.9 Å². The van der Waals surface area contributed by atoms with Crippen LogP contribution in [0.15, 0.2) is 24.4 Å². The first-order valence-electron chi connectivity index (χ1n) is 3.67. The first-order valence-corrected chi connectivity index (χ1v) is 4.79. The number of halogens is 2. The molecule has 0 bridgehead atoms. The molecule has 0 aliphatic heterocycles. The fourth-order valence-electron chi connectivity index (χ4n) is 0.768. The summed E-state index contributed by atoms with van der Waals surface area (Å²) in [5.41, 5.74) is 0.928. The first-order chi connectivity index (χ1) is 5.83. The van der Waals surface area contributed by atoms with Crippen LogP contribution in [0.2, 0.25) is 0 Å². The highest BCUT2D eigenvalue weighted by Gasteiger charge is 1.88. The molecule has 64 valence electrons. The predicted octanol–water partition coefficient (Wildman–Crippen LogP) is 3.02. The highest BCUT2D eigenvalue weighted by Crippen LogP contribution is 2.02. The highest BCUT2D eigenvalue weighted by atomic mass is 79.9. The second-order valence-corrected chi connectivity index (χ2v) is 3.09. The van der Waals surface area contributed by atoms with Crippen LogP contribution in [0.1, 0.15) is 12.0 Å². The van der Waals surface area contributed by atoms with Gasteiger partial charge in [0.25, 0.3) is 0 Å². The minimum absolute atomic E-state index is 0.437. The Labute approximate surface area is 79.5 Å². The number of alkyl halides is 1. The lowest BCUT2D eigenvalue weighted by Gasteiger charge is -1.90. The number of hydrogen-bond acceptors (Lipinski definition) is 1. The van der Waals surface area contributed by atoms with Crippen molar-refractivity contribution in [2.75, 3.05) is 5.33 Å². The van der Waals surface area contributed by atoms with Crippen molar-refractivity contribution >= 4 is 22.0 Å². The summed E-state index contributed by atoms with van der Waals surface area (Å²) < 4.78 is 12.3. The molecule has 1 heterocycles. The Balaban J connectivity index is 2.58. The maximum Gasteiger partial charge on any atom is 0.212 e. The van der Waals surface area contributed by atoms with Crippen molar-refractivity contribution < 1.29 is 4.39 Å². The third-order valence-electron chi connectivity index (χ3n) is 1.34. The van der Waals surface area contributed by atoms with Gasteiger partial charge < -0.3 is 0 Å². The molecule has 1 rings (SSSR count). The molecule has 0 saturated heterocycles. The van der Waals surface area contributed by atoms with Gasteiger partial charge in [0, 0.05) is 11.5 Å². The molecule has 3 heteroatoms. The Hall–Kier alpha value is -0.700. The number of nitrogens with zero attached hydrogens (tertiary/aromatic N) is 1. The number of rotatable bonds is 3. The van der Waals surface area contributed by atoms with Crippen molar-refractivity contribution in [3.05, 3.63) is 35.9 Å². The fourth-order valence-corrected chi connectivity index (χ4v) is 1.03. The monoisotopic (exact) mass is 229 g/mol. The zero-order valence-electron chi connectivity index (χ0n) is 6.50. The average Bonchev–Trinajstić information content (AvgIpc) is 2.09. The van der Waals surface area contributed by atoms with Crippen LogP contribution in [0.3, 0.4) is 0 Å². The molecule has 0 N–H and O–H groups in total. The van der Waals surface area contributed by atoms with Crippen molar-refractivity contribution in [3.63, 3.8) is 0 Å². The lowest BCUT2D eigenvalue weighted by Crippen LogP contribution is -1.80. The van der Waals surface area contributed by atoms with Crippen LogP contribution in [0.5, 0.6) is 0 Å². The molecule has 0 saturated carbocycles. The van der Waals surface area contributed by atoms with E-state index in [0.29, 0.717) is 0 Å². The van der Waals surface area contributed by atoms with E-state index in [1.807, 2.05) is 12.2 Å². The molecule has 0 aromatic carbocycles. The molecule has 0 fully saturated rings. The average molecular weight is 230 g/mol. The Morgan fingerprint density at radius 2 is 2.33 bits per heavy atom. The zero-order valence-corrected chi connectivity index (χ0v) is 8.09. The maximum atomic E-state index is 12.3. The molecule has 1 nitrogen and oxygen atoms in total. The number of aromatic nitrogens is 1. The predicted molar refractivity (Wildman–Crippen MR) is 51.6 cm³/mol. The highest BCUT2D eigenvalue weighted by molar-refractivity contribution is 9.09. The van der Waals surface area contributed by atoms with Crippen LogP contribution in [-0.4, -0.2) is 10.3 Å². The van der Waals surface area contributed by atoms with E-state index in [-0.39, 0.29) is 0 Å². The van der Waals surface area contributed by atoms with Crippen molar-refractivity contribution in [1.82, 2.24) is 4.98 Å². The van der Waals surface area contributed by atoms with E-state index in [2.05, 4.69) is 20.9 Å². The summed E-state index contributed by atoms with van der Waals surface area (Å²) in [4.78, 5) is 3.53. The van der Waals surface area contributed by atoms with Gasteiger partial charge in [0.05, 0.1) is 0 Å². The summed E-state index contributed by atoms with van der Waals surface area (Å²) in [5, 5.41) is 0.943. The lowest BCUT2D eigenvalue weighted by molar-refractivity contribution is 0.583. The first kappa shape index (κ1) is 9.39. The number of hydrogen-bond donors (Lipinski definition) is 0. The van der Waals surface area contributed by atoms with Crippen LogP contribution in [0.25, 0.3) is 6.08 Å². The Bertz CT molecular complexity index is 256. The van der Waals surface area contributed by atoms with Crippen molar-refractivity contribution in [3.8, 4) is 0 Å². The van der Waals surface area contributed by atoms with Gasteiger partial charge in [-0.05, 0) is 24.1 Å². The molecule has 0 aliphatic rings. The summed E-state index contributed by atoms with van der Waals surface area (Å²) in [6.45, 7) is 0. The van der Waals surface area contributed by atoms with Crippen molar-refractivity contribution in [2.24, 2.45) is 0 Å². The van der Waals surface area contributed by atoms with E-state index < -0.39 is 5.95 Å². The topological polar surface area (TPSA) is 12.9 Å². The summed E-state index contributed by atoms with van der Waals surface area (Å²) in [6, 6.07) is 3.06. The Morgan fingerprint density at radius 3 is 2.92 bits per heavy atom. The van der Waals surface area contributed by atoms with Gasteiger partial charge in [0.1, 0.15) is 0 Å². The standard InChI is InChI=1S/C9H9BrFN/c10-6-2-1-3-8-4-5-9(11)12-7-8/h1,3-5,7H,2,6H2. The van der Waals surface area contributed by atoms with Crippen molar-refractivity contribution in [2.45, 2.75) is 6.42 Å². The third-order valence-corrected chi connectivity index (χ3v) is 1.79. The van der Waals surface area contributed by atoms with Crippen LogP contribution in [-0.2, 0) is 0 Å². The zero-order chi connectivity index (χ0) is 8.81. The van der Waals surface area contributed by atoms with E-state index >= 15 is 0 Å². The van der Waals surface area contributed by atoms with E-state index in [9.17, 15) is 4.39 Å². The minimum Gasteiger partial charge on any atom is -0.228 e. The van der Waals surface area contributed by atoms with Gasteiger partial charge in [-0.3, -0.25) is 0 Å². The van der Waals surface area contributed by atoms with Gasteiger partial charge in [-0.2, -0.15) is 4.39 Å². The summed E-state index contributed by atoms with van der Waals surface area (Å²) in [6.07, 6.45) is 6.43. The molecule has 0 amide bonds. The van der Waals surface area contributed by atoms with Crippen LogP contribution < -0.4 is 0 Å². The minimum atomic E-state index is -0.437. The molecule has 0 unspecified atom stereocenters. The van der Waals surface area contributed by atoms with E-state index in [1.165, 1.54) is 12.3 Å². The van der Waals surface area contributed by atoms with E-state index in [4.69, 9.17) is 0 Å². The van der Waals surface area contributed by atoms with Crippen LogP contribution in [0.4, 0.5) is 4.39 Å². The summed E-state index contributed by atoms with van der Waals surface area (Å²) >= 11 is 3.31. The lowest BCUT2D eigenvalue weighted by atomic mass is 10.2. The molecule has 0 aliphatic carbocycles. The maximum absolute atomic E-state index is 12.3.